The Bertz CT molecular complexity index is 1010. The lowest BCUT2D eigenvalue weighted by molar-refractivity contribution is 0.0945. The second-order valence-electron chi connectivity index (χ2n) is 6.86. The van der Waals surface area contributed by atoms with Gasteiger partial charge in [-0.3, -0.25) is 9.69 Å². The SMILES string of the molecule is O=C(NCc1cc(F)ccc1F)c1coc(CN2CCN(c3ncccn3)CC2)n1. The van der Waals surface area contributed by atoms with Crippen LogP contribution in [0.1, 0.15) is 21.9 Å². The first kappa shape index (κ1) is 19.9. The molecule has 1 aliphatic heterocycles. The Hall–Kier alpha value is -3.40. The van der Waals surface area contributed by atoms with Gasteiger partial charge in [-0.05, 0) is 24.3 Å². The standard InChI is InChI=1S/C20H20F2N6O2/c21-15-2-3-16(22)14(10-15)11-25-19(29)17-13-30-18(26-17)12-27-6-8-28(9-7-27)20-23-4-1-5-24-20/h1-5,10,13H,6-9,11-12H2,(H,25,29). The van der Waals surface area contributed by atoms with Crippen LogP contribution >= 0.6 is 0 Å². The monoisotopic (exact) mass is 414 g/mol. The van der Waals surface area contributed by atoms with Gasteiger partial charge in [0.15, 0.2) is 5.69 Å². The smallest absolute Gasteiger partial charge is 0.273 e. The van der Waals surface area contributed by atoms with Gasteiger partial charge in [-0.2, -0.15) is 0 Å². The average molecular weight is 414 g/mol. The van der Waals surface area contributed by atoms with Crippen molar-refractivity contribution in [2.24, 2.45) is 0 Å². The summed E-state index contributed by atoms with van der Waals surface area (Å²) in [5, 5.41) is 2.52. The van der Waals surface area contributed by atoms with Crippen molar-refractivity contribution in [1.29, 1.82) is 0 Å². The maximum absolute atomic E-state index is 13.7. The highest BCUT2D eigenvalue weighted by Crippen LogP contribution is 2.13. The van der Waals surface area contributed by atoms with E-state index in [0.29, 0.717) is 18.4 Å². The number of halogens is 2. The molecule has 3 aromatic rings. The van der Waals surface area contributed by atoms with Crippen LogP contribution in [0.4, 0.5) is 14.7 Å². The van der Waals surface area contributed by atoms with E-state index >= 15 is 0 Å². The first-order chi connectivity index (χ1) is 14.6. The molecule has 4 rings (SSSR count). The Balaban J connectivity index is 1.28. The number of hydrogen-bond donors (Lipinski definition) is 1. The molecular weight excluding hydrogens is 394 g/mol. The number of nitrogens with zero attached hydrogens (tertiary/aromatic N) is 5. The topological polar surface area (TPSA) is 87.4 Å². The summed E-state index contributed by atoms with van der Waals surface area (Å²) in [7, 11) is 0. The van der Waals surface area contributed by atoms with Gasteiger partial charge < -0.3 is 14.6 Å². The van der Waals surface area contributed by atoms with Crippen LogP contribution in [0.2, 0.25) is 0 Å². The van der Waals surface area contributed by atoms with Crippen molar-refractivity contribution in [3.8, 4) is 0 Å². The van der Waals surface area contributed by atoms with Crippen molar-refractivity contribution >= 4 is 11.9 Å². The van der Waals surface area contributed by atoms with Crippen molar-refractivity contribution in [3.63, 3.8) is 0 Å². The Labute approximate surface area is 171 Å². The van der Waals surface area contributed by atoms with Crippen LogP contribution in [-0.4, -0.2) is 51.9 Å². The number of carbonyl (C=O) groups excluding carboxylic acids is 1. The summed E-state index contributed by atoms with van der Waals surface area (Å²) in [6.07, 6.45) is 4.70. The number of nitrogens with one attached hydrogen (secondary N) is 1. The number of carbonyl (C=O) groups is 1. The summed E-state index contributed by atoms with van der Waals surface area (Å²) < 4.78 is 32.3. The number of anilines is 1. The van der Waals surface area contributed by atoms with Crippen molar-refractivity contribution in [2.75, 3.05) is 31.1 Å². The lowest BCUT2D eigenvalue weighted by atomic mass is 10.2. The Morgan fingerprint density at radius 2 is 1.90 bits per heavy atom. The van der Waals surface area contributed by atoms with E-state index in [1.165, 1.54) is 6.26 Å². The molecule has 1 aromatic carbocycles. The number of rotatable bonds is 6. The maximum Gasteiger partial charge on any atom is 0.273 e. The fourth-order valence-corrected chi connectivity index (χ4v) is 3.18. The average Bonchev–Trinajstić information content (AvgIpc) is 3.24. The number of benzene rings is 1. The highest BCUT2D eigenvalue weighted by Gasteiger charge is 2.21. The van der Waals surface area contributed by atoms with Gasteiger partial charge >= 0.3 is 0 Å². The fourth-order valence-electron chi connectivity index (χ4n) is 3.18. The number of piperazine rings is 1. The second-order valence-corrected chi connectivity index (χ2v) is 6.86. The highest BCUT2D eigenvalue weighted by molar-refractivity contribution is 5.91. The van der Waals surface area contributed by atoms with Gasteiger partial charge in [0.25, 0.3) is 5.91 Å². The predicted molar refractivity (Wildman–Crippen MR) is 104 cm³/mol. The van der Waals surface area contributed by atoms with Crippen molar-refractivity contribution < 1.29 is 18.0 Å². The minimum atomic E-state index is -0.586. The van der Waals surface area contributed by atoms with Crippen LogP contribution in [0, 0.1) is 11.6 Å². The van der Waals surface area contributed by atoms with Crippen LogP contribution in [0.25, 0.3) is 0 Å². The largest absolute Gasteiger partial charge is 0.447 e. The maximum atomic E-state index is 13.7. The molecule has 0 saturated carbocycles. The summed E-state index contributed by atoms with van der Waals surface area (Å²) in [6.45, 7) is 3.43. The van der Waals surface area contributed by atoms with Gasteiger partial charge in [0.1, 0.15) is 17.9 Å². The third kappa shape index (κ3) is 4.77. The van der Waals surface area contributed by atoms with Crippen molar-refractivity contribution in [2.45, 2.75) is 13.1 Å². The van der Waals surface area contributed by atoms with Crippen molar-refractivity contribution in [3.05, 3.63) is 71.7 Å². The van der Waals surface area contributed by atoms with Gasteiger partial charge in [0.05, 0.1) is 6.54 Å². The molecule has 0 atom stereocenters. The molecule has 0 aliphatic carbocycles. The lowest BCUT2D eigenvalue weighted by Gasteiger charge is -2.33. The molecule has 30 heavy (non-hydrogen) atoms. The zero-order valence-corrected chi connectivity index (χ0v) is 16.1. The molecule has 1 aliphatic rings. The minimum absolute atomic E-state index is 0.0623. The molecule has 2 aromatic heterocycles. The van der Waals surface area contributed by atoms with Crippen LogP contribution < -0.4 is 10.2 Å². The van der Waals surface area contributed by atoms with Gasteiger partial charge in [-0.25, -0.2) is 23.7 Å². The van der Waals surface area contributed by atoms with E-state index in [1.807, 2.05) is 0 Å². The van der Waals surface area contributed by atoms with Crippen LogP contribution in [0.15, 0.2) is 47.3 Å². The van der Waals surface area contributed by atoms with Crippen LogP contribution in [0.5, 0.6) is 0 Å². The predicted octanol–water partition coefficient (Wildman–Crippen LogP) is 1.99. The quantitative estimate of drug-likeness (QED) is 0.660. The first-order valence-corrected chi connectivity index (χ1v) is 9.49. The summed E-state index contributed by atoms with van der Waals surface area (Å²) in [5.41, 5.74) is 0.158. The van der Waals surface area contributed by atoms with Gasteiger partial charge in [-0.15, -0.1) is 0 Å². The molecule has 0 unspecified atom stereocenters. The fraction of sp³-hybridized carbons (Fsp3) is 0.300. The third-order valence-corrected chi connectivity index (χ3v) is 4.80. The molecule has 1 saturated heterocycles. The van der Waals surface area contributed by atoms with E-state index in [1.54, 1.807) is 18.5 Å². The lowest BCUT2D eigenvalue weighted by Crippen LogP contribution is -2.46. The zero-order chi connectivity index (χ0) is 20.9. The molecule has 0 radical (unpaired) electrons. The number of hydrogen-bond acceptors (Lipinski definition) is 7. The van der Waals surface area contributed by atoms with Crippen LogP contribution in [-0.2, 0) is 13.1 Å². The molecule has 0 bridgehead atoms. The molecule has 3 heterocycles. The molecule has 0 spiro atoms. The molecular formula is C20H20F2N6O2. The number of amides is 1. The summed E-state index contributed by atoms with van der Waals surface area (Å²) in [4.78, 5) is 29.2. The van der Waals surface area contributed by atoms with E-state index in [9.17, 15) is 13.6 Å². The molecule has 156 valence electrons. The number of aromatic nitrogens is 3. The molecule has 1 amide bonds. The van der Waals surface area contributed by atoms with Crippen molar-refractivity contribution in [1.82, 2.24) is 25.2 Å². The highest BCUT2D eigenvalue weighted by atomic mass is 19.1. The van der Waals surface area contributed by atoms with Crippen LogP contribution in [0.3, 0.4) is 0 Å². The van der Waals surface area contributed by atoms with Gasteiger partial charge in [0, 0.05) is 50.7 Å². The number of oxazole rings is 1. The second kappa shape index (κ2) is 8.95. The zero-order valence-electron chi connectivity index (χ0n) is 16.1. The molecule has 1 N–H and O–H groups in total. The van der Waals surface area contributed by atoms with E-state index in [-0.39, 0.29) is 17.8 Å². The van der Waals surface area contributed by atoms with E-state index in [4.69, 9.17) is 4.42 Å². The molecule has 10 heteroatoms. The first-order valence-electron chi connectivity index (χ1n) is 9.49. The Morgan fingerprint density at radius 3 is 2.67 bits per heavy atom. The summed E-state index contributed by atoms with van der Waals surface area (Å²) >= 11 is 0. The summed E-state index contributed by atoms with van der Waals surface area (Å²) in [5.74, 6) is -0.538. The minimum Gasteiger partial charge on any atom is -0.447 e. The normalized spacial score (nSPS) is 14.7. The van der Waals surface area contributed by atoms with E-state index in [2.05, 4.69) is 30.1 Å². The van der Waals surface area contributed by atoms with E-state index in [0.717, 1.165) is 44.4 Å². The Kier molecular flexibility index (Phi) is 5.94. The molecule has 1 fully saturated rings. The molecule has 8 nitrogen and oxygen atoms in total. The van der Waals surface area contributed by atoms with E-state index < -0.39 is 17.5 Å². The van der Waals surface area contributed by atoms with Gasteiger partial charge in [-0.1, -0.05) is 0 Å². The van der Waals surface area contributed by atoms with Gasteiger partial charge in [0.2, 0.25) is 11.8 Å². The Morgan fingerprint density at radius 1 is 1.13 bits per heavy atom. The summed E-state index contributed by atoms with van der Waals surface area (Å²) in [6, 6.07) is 4.88. The third-order valence-electron chi connectivity index (χ3n) is 4.80.